The molecule has 0 spiro atoms. The molecule has 1 aromatic rings. The fourth-order valence-electron chi connectivity index (χ4n) is 0.706. The zero-order valence-electron chi connectivity index (χ0n) is 6.77. The molecule has 0 atom stereocenters. The summed E-state index contributed by atoms with van der Waals surface area (Å²) in [5, 5.41) is 11.5. The maximum atomic E-state index is 11.1. The van der Waals surface area contributed by atoms with Crippen LogP contribution in [0.5, 0.6) is 0 Å². The van der Waals surface area contributed by atoms with Gasteiger partial charge in [-0.05, 0) is 17.8 Å². The Labute approximate surface area is 79.5 Å². The summed E-state index contributed by atoms with van der Waals surface area (Å²) >= 11 is 1.14. The Morgan fingerprint density at radius 1 is 1.69 bits per heavy atom. The van der Waals surface area contributed by atoms with Crippen molar-refractivity contribution in [2.24, 2.45) is 5.84 Å². The first kappa shape index (κ1) is 9.82. The molecule has 0 saturated heterocycles. The van der Waals surface area contributed by atoms with E-state index < -0.39 is 0 Å². The summed E-state index contributed by atoms with van der Waals surface area (Å²) in [7, 11) is 0. The molecule has 3 N–H and O–H groups in total. The Bertz CT molecular complexity index is 306. The first-order chi connectivity index (χ1) is 6.24. The summed E-state index contributed by atoms with van der Waals surface area (Å²) in [4.78, 5) is 10.7. The van der Waals surface area contributed by atoms with Crippen molar-refractivity contribution in [3.05, 3.63) is 29.6 Å². The Balaban J connectivity index is 2.54. The summed E-state index contributed by atoms with van der Waals surface area (Å²) in [6.07, 6.45) is 1.38. The van der Waals surface area contributed by atoms with Crippen molar-refractivity contribution in [1.29, 1.82) is 0 Å². The van der Waals surface area contributed by atoms with Crippen LogP contribution in [-0.4, -0.2) is 11.7 Å². The van der Waals surface area contributed by atoms with Crippen LogP contribution in [0, 0.1) is 5.21 Å². The van der Waals surface area contributed by atoms with Crippen LogP contribution in [0.2, 0.25) is 0 Å². The van der Waals surface area contributed by atoms with Crippen molar-refractivity contribution in [2.45, 2.75) is 5.03 Å². The first-order valence-electron chi connectivity index (χ1n) is 3.54. The number of aromatic nitrogens is 1. The summed E-state index contributed by atoms with van der Waals surface area (Å²) in [6.45, 7) is 0. The van der Waals surface area contributed by atoms with Gasteiger partial charge in [0.1, 0.15) is 0 Å². The number of carbonyl (C=O) groups is 1. The quantitative estimate of drug-likeness (QED) is 0.170. The third kappa shape index (κ3) is 2.92. The third-order valence-corrected chi connectivity index (χ3v) is 2.32. The van der Waals surface area contributed by atoms with Gasteiger partial charge in [-0.25, -0.2) is 5.84 Å². The number of nitrogens with one attached hydrogen (secondary N) is 1. The highest BCUT2D eigenvalue weighted by molar-refractivity contribution is 7.99. The average Bonchev–Trinajstić information content (AvgIpc) is 2.16. The van der Waals surface area contributed by atoms with Crippen molar-refractivity contribution >= 4 is 17.7 Å². The molecule has 1 rings (SSSR count). The summed E-state index contributed by atoms with van der Waals surface area (Å²) < 4.78 is 0.703. The van der Waals surface area contributed by atoms with Gasteiger partial charge in [0.15, 0.2) is 6.20 Å². The van der Waals surface area contributed by atoms with Gasteiger partial charge in [0.25, 0.3) is 5.03 Å². The standard InChI is InChI=1S/C7H9N3O2S/c8-9-6(11)5-13-7-3-1-2-4-10(7)12/h1-4H,5,8H2,(H,9,11). The van der Waals surface area contributed by atoms with Crippen molar-refractivity contribution in [2.75, 3.05) is 5.75 Å². The van der Waals surface area contributed by atoms with Gasteiger partial charge in [0.05, 0.1) is 5.75 Å². The zero-order valence-corrected chi connectivity index (χ0v) is 7.58. The minimum absolute atomic E-state index is 0.142. The van der Waals surface area contributed by atoms with Gasteiger partial charge in [-0.15, -0.1) is 0 Å². The van der Waals surface area contributed by atoms with Crippen LogP contribution in [0.1, 0.15) is 0 Å². The van der Waals surface area contributed by atoms with Crippen LogP contribution >= 0.6 is 11.8 Å². The van der Waals surface area contributed by atoms with Crippen LogP contribution in [0.3, 0.4) is 0 Å². The minimum Gasteiger partial charge on any atom is -0.618 e. The van der Waals surface area contributed by atoms with Gasteiger partial charge in [0, 0.05) is 12.1 Å². The van der Waals surface area contributed by atoms with Crippen molar-refractivity contribution in [3.63, 3.8) is 0 Å². The molecular weight excluding hydrogens is 190 g/mol. The topological polar surface area (TPSA) is 82.1 Å². The summed E-state index contributed by atoms with van der Waals surface area (Å²) in [5.41, 5.74) is 1.98. The number of amides is 1. The van der Waals surface area contributed by atoms with Crippen molar-refractivity contribution < 1.29 is 9.52 Å². The number of hydrogen-bond donors (Lipinski definition) is 2. The molecule has 5 nitrogen and oxygen atoms in total. The van der Waals surface area contributed by atoms with E-state index in [1.165, 1.54) is 6.20 Å². The highest BCUT2D eigenvalue weighted by Gasteiger charge is 2.06. The number of nitrogens with zero attached hydrogens (tertiary/aromatic N) is 1. The molecule has 0 bridgehead atoms. The normalized spacial score (nSPS) is 9.62. The molecule has 70 valence electrons. The summed E-state index contributed by atoms with van der Waals surface area (Å²) in [5.74, 6) is 4.71. The monoisotopic (exact) mass is 199 g/mol. The Morgan fingerprint density at radius 3 is 3.08 bits per heavy atom. The predicted octanol–water partition coefficient (Wildman–Crippen LogP) is -0.598. The van der Waals surface area contributed by atoms with Crippen LogP contribution in [0.25, 0.3) is 0 Å². The molecule has 1 heterocycles. The number of pyridine rings is 1. The van der Waals surface area contributed by atoms with E-state index in [2.05, 4.69) is 0 Å². The number of hydrazine groups is 1. The maximum Gasteiger partial charge on any atom is 0.251 e. The molecule has 13 heavy (non-hydrogen) atoms. The molecule has 6 heteroatoms. The molecule has 0 aliphatic carbocycles. The van der Waals surface area contributed by atoms with E-state index in [4.69, 9.17) is 5.84 Å². The van der Waals surface area contributed by atoms with Crippen LogP contribution in [0.4, 0.5) is 0 Å². The Hall–Kier alpha value is -1.27. The van der Waals surface area contributed by atoms with Gasteiger partial charge in [0.2, 0.25) is 5.91 Å². The number of thioether (sulfide) groups is 1. The summed E-state index contributed by atoms with van der Waals surface area (Å²) in [6, 6.07) is 5.00. The molecule has 0 unspecified atom stereocenters. The minimum atomic E-state index is -0.311. The van der Waals surface area contributed by atoms with Gasteiger partial charge < -0.3 is 5.21 Å². The first-order valence-corrected chi connectivity index (χ1v) is 4.53. The fraction of sp³-hybridized carbons (Fsp3) is 0.143. The van der Waals surface area contributed by atoms with Gasteiger partial charge >= 0.3 is 0 Å². The number of rotatable bonds is 3. The van der Waals surface area contributed by atoms with Crippen LogP contribution in [-0.2, 0) is 4.79 Å². The molecule has 0 aromatic carbocycles. The predicted molar refractivity (Wildman–Crippen MR) is 48.5 cm³/mol. The Morgan fingerprint density at radius 2 is 2.46 bits per heavy atom. The van der Waals surface area contributed by atoms with E-state index in [0.29, 0.717) is 9.76 Å². The number of carbonyl (C=O) groups excluding carboxylic acids is 1. The number of hydrogen-bond acceptors (Lipinski definition) is 4. The van der Waals surface area contributed by atoms with Gasteiger partial charge in [-0.1, -0.05) is 0 Å². The second-order valence-corrected chi connectivity index (χ2v) is 3.22. The lowest BCUT2D eigenvalue weighted by Gasteiger charge is -2.01. The van der Waals surface area contributed by atoms with Crippen LogP contribution in [0.15, 0.2) is 29.4 Å². The lowest BCUT2D eigenvalue weighted by atomic mass is 10.5. The molecule has 0 radical (unpaired) electrons. The van der Waals surface area contributed by atoms with Gasteiger partial charge in [-0.2, -0.15) is 4.73 Å². The second kappa shape index (κ2) is 4.68. The molecule has 0 saturated carbocycles. The largest absolute Gasteiger partial charge is 0.618 e. The molecule has 0 fully saturated rings. The van der Waals surface area contributed by atoms with E-state index in [9.17, 15) is 10.0 Å². The zero-order chi connectivity index (χ0) is 9.68. The maximum absolute atomic E-state index is 11.1. The van der Waals surface area contributed by atoms with E-state index in [0.717, 1.165) is 11.8 Å². The lowest BCUT2D eigenvalue weighted by Crippen LogP contribution is -2.33. The lowest BCUT2D eigenvalue weighted by molar-refractivity contribution is -0.645. The third-order valence-electron chi connectivity index (χ3n) is 1.30. The van der Waals surface area contributed by atoms with E-state index >= 15 is 0 Å². The molecule has 1 aromatic heterocycles. The fourth-order valence-corrected chi connectivity index (χ4v) is 1.43. The SMILES string of the molecule is NNC(=O)CSc1cccc[n+]1[O-]. The average molecular weight is 199 g/mol. The van der Waals surface area contributed by atoms with E-state index in [-0.39, 0.29) is 11.7 Å². The highest BCUT2D eigenvalue weighted by Crippen LogP contribution is 2.11. The second-order valence-electron chi connectivity index (χ2n) is 2.22. The highest BCUT2D eigenvalue weighted by atomic mass is 32.2. The number of nitrogens with two attached hydrogens (primary N) is 1. The Kier molecular flexibility index (Phi) is 3.53. The van der Waals surface area contributed by atoms with Crippen molar-refractivity contribution in [3.8, 4) is 0 Å². The van der Waals surface area contributed by atoms with Crippen LogP contribution < -0.4 is 16.0 Å². The van der Waals surface area contributed by atoms with E-state index in [1.54, 1.807) is 18.2 Å². The molecule has 0 aliphatic heterocycles. The molecular formula is C7H9N3O2S. The molecule has 1 amide bonds. The van der Waals surface area contributed by atoms with Gasteiger partial charge in [-0.3, -0.25) is 10.2 Å². The van der Waals surface area contributed by atoms with E-state index in [1.807, 2.05) is 5.43 Å². The van der Waals surface area contributed by atoms with Crippen molar-refractivity contribution in [1.82, 2.24) is 5.43 Å². The smallest absolute Gasteiger partial charge is 0.251 e. The molecule has 0 aliphatic rings.